The number of nitrogens with two attached hydrogens (primary N) is 1. The maximum Gasteiger partial charge on any atom is 0.184 e. The van der Waals surface area contributed by atoms with Crippen molar-refractivity contribution in [2.24, 2.45) is 17.1 Å². The molecular weight excluding hydrogens is 206 g/mol. The standard InChI is InChI=1S/C11H19N3S/c1-11(2)7(5-12)9(11)8-6-13-10(15-8)14(3)4/h6-7,9H,5,12H2,1-4H3. The van der Waals surface area contributed by atoms with Gasteiger partial charge in [0.2, 0.25) is 0 Å². The quantitative estimate of drug-likeness (QED) is 0.854. The van der Waals surface area contributed by atoms with E-state index in [0.717, 1.165) is 11.7 Å². The van der Waals surface area contributed by atoms with Crippen LogP contribution in [0.1, 0.15) is 24.6 Å². The highest BCUT2D eigenvalue weighted by atomic mass is 32.1. The van der Waals surface area contributed by atoms with Crippen LogP contribution in [0.25, 0.3) is 0 Å². The van der Waals surface area contributed by atoms with Gasteiger partial charge in [0.05, 0.1) is 0 Å². The summed E-state index contributed by atoms with van der Waals surface area (Å²) >= 11 is 1.79. The van der Waals surface area contributed by atoms with Crippen molar-refractivity contribution in [3.63, 3.8) is 0 Å². The van der Waals surface area contributed by atoms with Crippen molar-refractivity contribution >= 4 is 16.5 Å². The molecule has 0 saturated heterocycles. The van der Waals surface area contributed by atoms with Gasteiger partial charge in [-0.1, -0.05) is 13.8 Å². The topological polar surface area (TPSA) is 42.2 Å². The summed E-state index contributed by atoms with van der Waals surface area (Å²) in [5, 5.41) is 1.09. The molecule has 0 radical (unpaired) electrons. The molecule has 1 heterocycles. The zero-order valence-electron chi connectivity index (χ0n) is 9.82. The molecule has 1 aromatic heterocycles. The van der Waals surface area contributed by atoms with Gasteiger partial charge in [-0.3, -0.25) is 0 Å². The Hall–Kier alpha value is -0.610. The fourth-order valence-electron chi connectivity index (χ4n) is 2.38. The highest BCUT2D eigenvalue weighted by Crippen LogP contribution is 2.64. The lowest BCUT2D eigenvalue weighted by atomic mass is 10.1. The fraction of sp³-hybridized carbons (Fsp3) is 0.727. The van der Waals surface area contributed by atoms with Crippen LogP contribution in [0.2, 0.25) is 0 Å². The summed E-state index contributed by atoms with van der Waals surface area (Å²) in [6.07, 6.45) is 2.02. The van der Waals surface area contributed by atoms with Gasteiger partial charge in [-0.25, -0.2) is 4.98 Å². The fourth-order valence-corrected chi connectivity index (χ4v) is 3.58. The summed E-state index contributed by atoms with van der Waals surface area (Å²) < 4.78 is 0. The zero-order valence-corrected chi connectivity index (χ0v) is 10.6. The van der Waals surface area contributed by atoms with E-state index in [0.29, 0.717) is 17.3 Å². The Kier molecular flexibility index (Phi) is 2.51. The molecule has 0 bridgehead atoms. The van der Waals surface area contributed by atoms with E-state index >= 15 is 0 Å². The highest BCUT2D eigenvalue weighted by Gasteiger charge is 2.58. The molecule has 0 amide bonds. The van der Waals surface area contributed by atoms with Crippen molar-refractivity contribution in [2.75, 3.05) is 25.5 Å². The van der Waals surface area contributed by atoms with Crippen molar-refractivity contribution in [3.8, 4) is 0 Å². The van der Waals surface area contributed by atoms with E-state index in [-0.39, 0.29) is 0 Å². The molecule has 0 spiro atoms. The predicted molar refractivity (Wildman–Crippen MR) is 65.5 cm³/mol. The lowest BCUT2D eigenvalue weighted by molar-refractivity contribution is 0.559. The molecule has 4 heteroatoms. The molecule has 1 saturated carbocycles. The number of thiazole rings is 1. The third-order valence-corrected chi connectivity index (χ3v) is 4.75. The summed E-state index contributed by atoms with van der Waals surface area (Å²) in [6, 6.07) is 0. The molecular formula is C11H19N3S. The minimum Gasteiger partial charge on any atom is -0.354 e. The van der Waals surface area contributed by atoms with Crippen LogP contribution < -0.4 is 10.6 Å². The maximum atomic E-state index is 5.78. The van der Waals surface area contributed by atoms with Gasteiger partial charge < -0.3 is 10.6 Å². The molecule has 2 atom stereocenters. The van der Waals surface area contributed by atoms with Crippen molar-refractivity contribution < 1.29 is 0 Å². The van der Waals surface area contributed by atoms with Gasteiger partial charge in [0.25, 0.3) is 0 Å². The second-order valence-electron chi connectivity index (χ2n) is 5.08. The lowest BCUT2D eigenvalue weighted by Crippen LogP contribution is -2.07. The summed E-state index contributed by atoms with van der Waals surface area (Å²) in [4.78, 5) is 7.86. The van der Waals surface area contributed by atoms with Crippen molar-refractivity contribution in [1.29, 1.82) is 0 Å². The molecule has 15 heavy (non-hydrogen) atoms. The third-order valence-electron chi connectivity index (χ3n) is 3.50. The van der Waals surface area contributed by atoms with Gasteiger partial charge in [-0.05, 0) is 17.9 Å². The van der Waals surface area contributed by atoms with Gasteiger partial charge in [0, 0.05) is 31.1 Å². The Morgan fingerprint density at radius 1 is 1.53 bits per heavy atom. The van der Waals surface area contributed by atoms with E-state index in [4.69, 9.17) is 5.73 Å². The molecule has 84 valence electrons. The predicted octanol–water partition coefficient (Wildman–Crippen LogP) is 1.91. The number of anilines is 1. The number of aromatic nitrogens is 1. The normalized spacial score (nSPS) is 27.8. The first kappa shape index (κ1) is 10.9. The second-order valence-corrected chi connectivity index (χ2v) is 6.12. The van der Waals surface area contributed by atoms with Crippen LogP contribution in [0.3, 0.4) is 0 Å². The van der Waals surface area contributed by atoms with Crippen LogP contribution >= 0.6 is 11.3 Å². The smallest absolute Gasteiger partial charge is 0.184 e. The first-order valence-corrected chi connectivity index (χ1v) is 6.13. The van der Waals surface area contributed by atoms with E-state index < -0.39 is 0 Å². The van der Waals surface area contributed by atoms with Gasteiger partial charge in [0.15, 0.2) is 5.13 Å². The minimum absolute atomic E-state index is 0.366. The van der Waals surface area contributed by atoms with E-state index in [1.165, 1.54) is 4.88 Å². The molecule has 2 unspecified atom stereocenters. The zero-order chi connectivity index (χ0) is 11.2. The van der Waals surface area contributed by atoms with E-state index in [1.54, 1.807) is 11.3 Å². The molecule has 1 fully saturated rings. The number of nitrogens with zero attached hydrogens (tertiary/aromatic N) is 2. The van der Waals surface area contributed by atoms with Gasteiger partial charge in [0.1, 0.15) is 0 Å². The van der Waals surface area contributed by atoms with Crippen molar-refractivity contribution in [3.05, 3.63) is 11.1 Å². The molecule has 1 aromatic rings. The summed E-state index contributed by atoms with van der Waals surface area (Å²) in [7, 11) is 4.06. The van der Waals surface area contributed by atoms with Crippen LogP contribution in [0, 0.1) is 11.3 Å². The van der Waals surface area contributed by atoms with Crippen LogP contribution in [0.5, 0.6) is 0 Å². The second kappa shape index (κ2) is 3.46. The average Bonchev–Trinajstić information content (AvgIpc) is 2.58. The number of hydrogen-bond acceptors (Lipinski definition) is 4. The number of hydrogen-bond donors (Lipinski definition) is 1. The minimum atomic E-state index is 0.366. The lowest BCUT2D eigenvalue weighted by Gasteiger charge is -2.05. The van der Waals surface area contributed by atoms with E-state index in [1.807, 2.05) is 20.3 Å². The van der Waals surface area contributed by atoms with Crippen LogP contribution in [0.15, 0.2) is 6.20 Å². The average molecular weight is 225 g/mol. The molecule has 1 aliphatic carbocycles. The largest absolute Gasteiger partial charge is 0.354 e. The SMILES string of the molecule is CN(C)c1ncc(C2C(CN)C2(C)C)s1. The molecule has 0 aromatic carbocycles. The van der Waals surface area contributed by atoms with E-state index in [2.05, 4.69) is 23.7 Å². The Morgan fingerprint density at radius 2 is 2.20 bits per heavy atom. The van der Waals surface area contributed by atoms with Gasteiger partial charge >= 0.3 is 0 Å². The summed E-state index contributed by atoms with van der Waals surface area (Å²) in [5.41, 5.74) is 6.14. The molecule has 2 N–H and O–H groups in total. The van der Waals surface area contributed by atoms with Crippen molar-refractivity contribution in [1.82, 2.24) is 4.98 Å². The first-order chi connectivity index (χ1) is 6.98. The van der Waals surface area contributed by atoms with Gasteiger partial charge in [-0.15, -0.1) is 11.3 Å². The van der Waals surface area contributed by atoms with E-state index in [9.17, 15) is 0 Å². The Balaban J connectivity index is 2.18. The van der Waals surface area contributed by atoms with Gasteiger partial charge in [-0.2, -0.15) is 0 Å². The number of rotatable bonds is 3. The third kappa shape index (κ3) is 1.66. The Bertz CT molecular complexity index is 356. The Morgan fingerprint density at radius 3 is 2.60 bits per heavy atom. The highest BCUT2D eigenvalue weighted by molar-refractivity contribution is 7.15. The molecule has 0 aliphatic heterocycles. The van der Waals surface area contributed by atoms with Crippen molar-refractivity contribution in [2.45, 2.75) is 19.8 Å². The first-order valence-electron chi connectivity index (χ1n) is 5.31. The molecule has 3 nitrogen and oxygen atoms in total. The Labute approximate surface area is 95.3 Å². The van der Waals surface area contributed by atoms with Crippen LogP contribution in [-0.2, 0) is 0 Å². The molecule has 1 aliphatic rings. The van der Waals surface area contributed by atoms with Crippen LogP contribution in [0.4, 0.5) is 5.13 Å². The monoisotopic (exact) mass is 225 g/mol. The molecule has 2 rings (SSSR count). The summed E-state index contributed by atoms with van der Waals surface area (Å²) in [6.45, 7) is 5.38. The maximum absolute atomic E-state index is 5.78. The van der Waals surface area contributed by atoms with Crippen LogP contribution in [-0.4, -0.2) is 25.6 Å². The summed E-state index contributed by atoms with van der Waals surface area (Å²) in [5.74, 6) is 1.25.